The molecule has 2 aromatic heterocycles. The largest absolute Gasteiger partial charge is 0.219 e. The molecule has 5 aromatic rings. The van der Waals surface area contributed by atoms with Crippen LogP contribution in [0.4, 0.5) is 0 Å². The van der Waals surface area contributed by atoms with Gasteiger partial charge in [-0.1, -0.05) is 66.2 Å². The lowest BCUT2D eigenvalue weighted by atomic mass is 10.4. The predicted molar refractivity (Wildman–Crippen MR) is 127 cm³/mol. The third kappa shape index (κ3) is 3.41. The molecule has 3 aromatic carbocycles. The Kier molecular flexibility index (Phi) is 5.08. The smallest absolute Gasteiger partial charge is 0.190 e. The average molecular weight is 429 g/mol. The van der Waals surface area contributed by atoms with Gasteiger partial charge in [0.1, 0.15) is 29.3 Å². The van der Waals surface area contributed by atoms with E-state index >= 15 is 0 Å². The topological polar surface area (TPSA) is 30.2 Å². The van der Waals surface area contributed by atoms with Crippen molar-refractivity contribution < 1.29 is 0 Å². The van der Waals surface area contributed by atoms with Crippen molar-refractivity contribution in [2.45, 2.75) is 6.16 Å². The molecule has 0 saturated heterocycles. The zero-order valence-corrected chi connectivity index (χ0v) is 17.9. The van der Waals surface area contributed by atoms with Gasteiger partial charge in [0.15, 0.2) is 11.5 Å². The van der Waals surface area contributed by atoms with Crippen molar-refractivity contribution in [3.05, 3.63) is 120 Å². The molecule has 5 heteroatoms. The van der Waals surface area contributed by atoms with Crippen molar-refractivity contribution in [1.82, 2.24) is 14.6 Å². The summed E-state index contributed by atoms with van der Waals surface area (Å²) < 4.78 is 1.77. The lowest BCUT2D eigenvalue weighted by molar-refractivity contribution is 0.923. The Morgan fingerprint density at radius 2 is 1.17 bits per heavy atom. The molecular weight excluding hydrogens is 409 g/mol. The highest BCUT2D eigenvalue weighted by Gasteiger charge is 2.46. The number of hydrogen-bond donors (Lipinski definition) is 0. The monoisotopic (exact) mass is 428 g/mol. The molecule has 0 spiro atoms. The molecular formula is C25H20ClN3P+. The first-order valence-corrected chi connectivity index (χ1v) is 12.2. The first-order chi connectivity index (χ1) is 14.8. The Labute approximate surface area is 181 Å². The fourth-order valence-electron chi connectivity index (χ4n) is 3.95. The van der Waals surface area contributed by atoms with Crippen LogP contribution in [0.25, 0.3) is 5.65 Å². The van der Waals surface area contributed by atoms with Crippen LogP contribution < -0.4 is 15.9 Å². The van der Waals surface area contributed by atoms with E-state index in [1.807, 2.05) is 12.1 Å². The molecule has 0 amide bonds. The maximum absolute atomic E-state index is 6.17. The third-order valence-corrected chi connectivity index (χ3v) is 9.83. The van der Waals surface area contributed by atoms with E-state index < -0.39 is 7.26 Å². The van der Waals surface area contributed by atoms with Gasteiger partial charge in [0.2, 0.25) is 0 Å². The molecule has 0 aliphatic carbocycles. The standard InChI is InChI=1S/C25H20ClN3P/c26-20-16-17-25-27-24(28-29(25)18-20)19-30(21-10-4-1-5-11-21,22-12-6-2-7-13-22)23-14-8-3-9-15-23/h1-18H,19H2/q+1. The first kappa shape index (κ1) is 19.0. The average Bonchev–Trinajstić information content (AvgIpc) is 3.20. The molecule has 0 saturated carbocycles. The number of halogens is 1. The first-order valence-electron chi connectivity index (χ1n) is 9.81. The highest BCUT2D eigenvalue weighted by Crippen LogP contribution is 2.57. The van der Waals surface area contributed by atoms with Crippen LogP contribution in [0.5, 0.6) is 0 Å². The molecule has 5 rings (SSSR count). The van der Waals surface area contributed by atoms with Crippen molar-refractivity contribution in [3.63, 3.8) is 0 Å². The number of hydrogen-bond acceptors (Lipinski definition) is 2. The summed E-state index contributed by atoms with van der Waals surface area (Å²) in [6, 6.07) is 36.1. The molecule has 0 bridgehead atoms. The van der Waals surface area contributed by atoms with Crippen LogP contribution in [0.3, 0.4) is 0 Å². The van der Waals surface area contributed by atoms with Gasteiger partial charge in [-0.3, -0.25) is 0 Å². The molecule has 0 radical (unpaired) electrons. The lowest BCUT2D eigenvalue weighted by Crippen LogP contribution is -2.32. The Bertz CT molecular complexity index is 1170. The van der Waals surface area contributed by atoms with Gasteiger partial charge in [0.25, 0.3) is 0 Å². The summed E-state index contributed by atoms with van der Waals surface area (Å²) in [5.74, 6) is 0.821. The summed E-state index contributed by atoms with van der Waals surface area (Å²) in [6.07, 6.45) is 2.55. The summed E-state index contributed by atoms with van der Waals surface area (Å²) in [5, 5.41) is 9.39. The van der Waals surface area contributed by atoms with Crippen LogP contribution in [0.1, 0.15) is 5.82 Å². The summed E-state index contributed by atoms with van der Waals surface area (Å²) in [6.45, 7) is 0. The number of pyridine rings is 1. The number of aromatic nitrogens is 3. The van der Waals surface area contributed by atoms with Gasteiger partial charge in [-0.05, 0) is 48.5 Å². The number of benzene rings is 3. The summed E-state index contributed by atoms with van der Waals surface area (Å²) in [7, 11) is -2.01. The van der Waals surface area contributed by atoms with Crippen LogP contribution in [-0.4, -0.2) is 14.6 Å². The van der Waals surface area contributed by atoms with Gasteiger partial charge in [-0.2, -0.15) is 0 Å². The Hall–Kier alpha value is -3.00. The molecule has 146 valence electrons. The summed E-state index contributed by atoms with van der Waals surface area (Å²) in [5.41, 5.74) is 0.807. The van der Waals surface area contributed by atoms with Gasteiger partial charge in [0, 0.05) is 6.20 Å². The maximum Gasteiger partial charge on any atom is 0.190 e. The van der Waals surface area contributed by atoms with Gasteiger partial charge in [0.05, 0.1) is 5.02 Å². The van der Waals surface area contributed by atoms with Gasteiger partial charge >= 0.3 is 0 Å². The minimum atomic E-state index is -2.01. The van der Waals surface area contributed by atoms with Crippen LogP contribution >= 0.6 is 18.9 Å². The van der Waals surface area contributed by atoms with Crippen molar-refractivity contribution in [2.75, 3.05) is 0 Å². The van der Waals surface area contributed by atoms with Crippen LogP contribution in [0.15, 0.2) is 109 Å². The second-order valence-corrected chi connectivity index (χ2v) is 11.1. The molecule has 0 unspecified atom stereocenters. The normalized spacial score (nSPS) is 11.6. The number of fused-ring (bicyclic) bond motifs is 1. The minimum absolute atomic E-state index is 0.647. The van der Waals surface area contributed by atoms with Crippen LogP contribution in [-0.2, 0) is 6.16 Å². The van der Waals surface area contributed by atoms with E-state index in [1.165, 1.54) is 15.9 Å². The molecule has 0 aliphatic heterocycles. The molecule has 0 N–H and O–H groups in total. The molecule has 0 fully saturated rings. The minimum Gasteiger partial charge on any atom is -0.219 e. The summed E-state index contributed by atoms with van der Waals surface area (Å²) in [4.78, 5) is 4.84. The molecule has 0 atom stereocenters. The van der Waals surface area contributed by atoms with E-state index in [2.05, 4.69) is 91.0 Å². The van der Waals surface area contributed by atoms with Crippen molar-refractivity contribution in [1.29, 1.82) is 0 Å². The van der Waals surface area contributed by atoms with Crippen molar-refractivity contribution in [3.8, 4) is 0 Å². The Balaban J connectivity index is 1.76. The highest BCUT2D eigenvalue weighted by molar-refractivity contribution is 7.95. The number of rotatable bonds is 5. The summed E-state index contributed by atoms with van der Waals surface area (Å²) >= 11 is 6.17. The number of nitrogens with zero attached hydrogens (tertiary/aromatic N) is 3. The predicted octanol–water partition coefficient (Wildman–Crippen LogP) is 4.88. The molecule has 2 heterocycles. The lowest BCUT2D eigenvalue weighted by Gasteiger charge is -2.26. The Morgan fingerprint density at radius 1 is 0.667 bits per heavy atom. The van der Waals surface area contributed by atoms with E-state index in [4.69, 9.17) is 21.7 Å². The molecule has 3 nitrogen and oxygen atoms in total. The van der Waals surface area contributed by atoms with Crippen LogP contribution in [0, 0.1) is 0 Å². The molecule has 30 heavy (non-hydrogen) atoms. The van der Waals surface area contributed by atoms with E-state index in [0.29, 0.717) is 5.02 Å². The quantitative estimate of drug-likeness (QED) is 0.374. The maximum atomic E-state index is 6.17. The van der Waals surface area contributed by atoms with E-state index in [0.717, 1.165) is 17.6 Å². The SMILES string of the molecule is Clc1ccc2nc(C[P+](c3ccccc3)(c3ccccc3)c3ccccc3)nn2c1. The second kappa shape index (κ2) is 8.02. The second-order valence-electron chi connectivity index (χ2n) is 7.15. The van der Waals surface area contributed by atoms with Gasteiger partial charge in [-0.25, -0.2) is 9.50 Å². The van der Waals surface area contributed by atoms with Crippen molar-refractivity contribution in [2.24, 2.45) is 0 Å². The third-order valence-electron chi connectivity index (χ3n) is 5.31. The zero-order valence-electron chi connectivity index (χ0n) is 16.3. The van der Waals surface area contributed by atoms with Gasteiger partial charge < -0.3 is 0 Å². The van der Waals surface area contributed by atoms with Crippen molar-refractivity contribution >= 4 is 40.4 Å². The van der Waals surface area contributed by atoms with E-state index in [1.54, 1.807) is 10.7 Å². The zero-order chi connectivity index (χ0) is 20.4. The molecule has 0 aliphatic rings. The Morgan fingerprint density at radius 3 is 1.67 bits per heavy atom. The van der Waals surface area contributed by atoms with Gasteiger partial charge in [-0.15, -0.1) is 5.10 Å². The highest BCUT2D eigenvalue weighted by atomic mass is 35.5. The fourth-order valence-corrected chi connectivity index (χ4v) is 8.15. The van der Waals surface area contributed by atoms with E-state index in [9.17, 15) is 0 Å². The fraction of sp³-hybridized carbons (Fsp3) is 0.0400. The van der Waals surface area contributed by atoms with E-state index in [-0.39, 0.29) is 0 Å². The van der Waals surface area contributed by atoms with Crippen LogP contribution in [0.2, 0.25) is 5.02 Å².